The average Bonchev–Trinajstić information content (AvgIpc) is 3.06. The highest BCUT2D eigenvalue weighted by molar-refractivity contribution is 5.91. The molecule has 0 aliphatic rings. The Bertz CT molecular complexity index is 928. The van der Waals surface area contributed by atoms with Gasteiger partial charge < -0.3 is 15.2 Å². The monoisotopic (exact) mass is 363 g/mol. The number of carbonyl (C=O) groups is 2. The second-order valence-corrected chi connectivity index (χ2v) is 6.78. The number of carbonyl (C=O) groups excluding carboxylic acids is 2. The topological polar surface area (TPSA) is 65.2 Å². The van der Waals surface area contributed by atoms with Crippen LogP contribution in [-0.4, -0.2) is 34.8 Å². The molecule has 0 fully saturated rings. The standard InChI is InChI=1S/C22H25N3O2/c1-16-7-9-19(10-8-16)24-22(27)12-14-25(17(2)26)13-11-18-15-23-21-6-4-3-5-20(18)21/h3-10,15,23H,11-14H2,1-2H3,(H,24,27). The zero-order valence-electron chi connectivity index (χ0n) is 15.8. The zero-order chi connectivity index (χ0) is 19.2. The van der Waals surface area contributed by atoms with Gasteiger partial charge in [0.2, 0.25) is 11.8 Å². The van der Waals surface area contributed by atoms with Crippen LogP contribution in [0.3, 0.4) is 0 Å². The minimum Gasteiger partial charge on any atom is -0.361 e. The normalized spacial score (nSPS) is 10.7. The molecular weight excluding hydrogens is 338 g/mol. The maximum absolute atomic E-state index is 12.2. The number of hydrogen-bond donors (Lipinski definition) is 2. The van der Waals surface area contributed by atoms with E-state index in [9.17, 15) is 9.59 Å². The lowest BCUT2D eigenvalue weighted by Crippen LogP contribution is -2.33. The second kappa shape index (κ2) is 8.54. The van der Waals surface area contributed by atoms with Gasteiger partial charge in [-0.15, -0.1) is 0 Å². The first-order valence-corrected chi connectivity index (χ1v) is 9.20. The number of H-pyrrole nitrogens is 1. The van der Waals surface area contributed by atoms with E-state index < -0.39 is 0 Å². The van der Waals surface area contributed by atoms with Crippen LogP contribution < -0.4 is 5.32 Å². The van der Waals surface area contributed by atoms with Crippen LogP contribution in [0.1, 0.15) is 24.5 Å². The van der Waals surface area contributed by atoms with Gasteiger partial charge in [0.05, 0.1) is 0 Å². The van der Waals surface area contributed by atoms with E-state index in [4.69, 9.17) is 0 Å². The fraction of sp³-hybridized carbons (Fsp3) is 0.273. The molecule has 0 saturated carbocycles. The van der Waals surface area contributed by atoms with Gasteiger partial charge in [0.25, 0.3) is 0 Å². The third kappa shape index (κ3) is 4.97. The molecule has 0 aliphatic carbocycles. The summed E-state index contributed by atoms with van der Waals surface area (Å²) in [7, 11) is 0. The van der Waals surface area contributed by atoms with E-state index in [1.165, 1.54) is 10.9 Å². The van der Waals surface area contributed by atoms with E-state index in [0.29, 0.717) is 13.1 Å². The Labute approximate surface area is 159 Å². The van der Waals surface area contributed by atoms with Crippen LogP contribution in [0.2, 0.25) is 0 Å². The minimum absolute atomic E-state index is 0.0158. The molecule has 1 heterocycles. The summed E-state index contributed by atoms with van der Waals surface area (Å²) in [5.74, 6) is -0.102. The summed E-state index contributed by atoms with van der Waals surface area (Å²) in [6.07, 6.45) is 3.03. The van der Waals surface area contributed by atoms with Gasteiger partial charge in [0.15, 0.2) is 0 Å². The summed E-state index contributed by atoms with van der Waals surface area (Å²) >= 11 is 0. The summed E-state index contributed by atoms with van der Waals surface area (Å²) < 4.78 is 0. The van der Waals surface area contributed by atoms with Crippen LogP contribution in [0, 0.1) is 6.92 Å². The lowest BCUT2D eigenvalue weighted by atomic mass is 10.1. The number of nitrogens with one attached hydrogen (secondary N) is 2. The minimum atomic E-state index is -0.0859. The Balaban J connectivity index is 1.53. The van der Waals surface area contributed by atoms with E-state index in [2.05, 4.69) is 16.4 Å². The maximum Gasteiger partial charge on any atom is 0.226 e. The van der Waals surface area contributed by atoms with Gasteiger partial charge in [-0.1, -0.05) is 35.9 Å². The van der Waals surface area contributed by atoms with E-state index in [1.807, 2.05) is 55.6 Å². The summed E-state index contributed by atoms with van der Waals surface area (Å²) in [5.41, 5.74) is 4.20. The van der Waals surface area contributed by atoms with Crippen molar-refractivity contribution >= 4 is 28.4 Å². The number of amides is 2. The van der Waals surface area contributed by atoms with Crippen molar-refractivity contribution in [2.24, 2.45) is 0 Å². The van der Waals surface area contributed by atoms with Gasteiger partial charge in [-0.3, -0.25) is 9.59 Å². The Hall–Kier alpha value is -3.08. The van der Waals surface area contributed by atoms with Gasteiger partial charge in [0, 0.05) is 49.2 Å². The first kappa shape index (κ1) is 18.7. The highest BCUT2D eigenvalue weighted by Gasteiger charge is 2.13. The van der Waals surface area contributed by atoms with Gasteiger partial charge in [-0.2, -0.15) is 0 Å². The fourth-order valence-electron chi connectivity index (χ4n) is 3.12. The van der Waals surface area contributed by atoms with Crippen LogP contribution in [0.5, 0.6) is 0 Å². The van der Waals surface area contributed by atoms with Crippen molar-refractivity contribution < 1.29 is 9.59 Å². The van der Waals surface area contributed by atoms with Crippen LogP contribution in [0.15, 0.2) is 54.7 Å². The first-order valence-electron chi connectivity index (χ1n) is 9.20. The fourth-order valence-corrected chi connectivity index (χ4v) is 3.12. The number of aryl methyl sites for hydroxylation is 1. The van der Waals surface area contributed by atoms with Crippen molar-refractivity contribution in [3.63, 3.8) is 0 Å². The largest absolute Gasteiger partial charge is 0.361 e. The number of aromatic amines is 1. The van der Waals surface area contributed by atoms with Gasteiger partial charge in [-0.05, 0) is 37.1 Å². The number of aromatic nitrogens is 1. The number of para-hydroxylation sites is 1. The van der Waals surface area contributed by atoms with E-state index in [0.717, 1.165) is 23.2 Å². The van der Waals surface area contributed by atoms with Crippen LogP contribution in [-0.2, 0) is 16.0 Å². The number of nitrogens with zero attached hydrogens (tertiary/aromatic N) is 1. The second-order valence-electron chi connectivity index (χ2n) is 6.78. The van der Waals surface area contributed by atoms with E-state index in [1.54, 1.807) is 11.8 Å². The van der Waals surface area contributed by atoms with Crippen molar-refractivity contribution in [3.05, 3.63) is 65.9 Å². The van der Waals surface area contributed by atoms with Crippen molar-refractivity contribution in [1.29, 1.82) is 0 Å². The smallest absolute Gasteiger partial charge is 0.226 e. The molecule has 5 nitrogen and oxygen atoms in total. The number of benzene rings is 2. The molecule has 0 unspecified atom stereocenters. The highest BCUT2D eigenvalue weighted by atomic mass is 16.2. The van der Waals surface area contributed by atoms with E-state index in [-0.39, 0.29) is 18.2 Å². The molecule has 3 rings (SSSR count). The lowest BCUT2D eigenvalue weighted by molar-refractivity contribution is -0.129. The third-order valence-electron chi connectivity index (χ3n) is 4.72. The number of fused-ring (bicyclic) bond motifs is 1. The molecule has 3 aromatic rings. The number of anilines is 1. The maximum atomic E-state index is 12.2. The molecule has 0 bridgehead atoms. The molecule has 0 saturated heterocycles. The summed E-state index contributed by atoms with van der Waals surface area (Å²) in [5, 5.41) is 4.05. The molecule has 0 radical (unpaired) electrons. The molecule has 0 spiro atoms. The Morgan fingerprint density at radius 2 is 1.78 bits per heavy atom. The van der Waals surface area contributed by atoms with Gasteiger partial charge in [0.1, 0.15) is 0 Å². The molecule has 27 heavy (non-hydrogen) atoms. The molecule has 140 valence electrons. The summed E-state index contributed by atoms with van der Waals surface area (Å²) in [6.45, 7) is 4.56. The van der Waals surface area contributed by atoms with E-state index >= 15 is 0 Å². The van der Waals surface area contributed by atoms with Crippen molar-refractivity contribution in [2.45, 2.75) is 26.7 Å². The zero-order valence-corrected chi connectivity index (χ0v) is 15.8. The predicted octanol–water partition coefficient (Wildman–Crippen LogP) is 3.90. The van der Waals surface area contributed by atoms with Crippen LogP contribution >= 0.6 is 0 Å². The molecule has 0 atom stereocenters. The summed E-state index contributed by atoms with van der Waals surface area (Å²) in [4.78, 5) is 29.1. The molecule has 1 aromatic heterocycles. The molecule has 5 heteroatoms. The molecule has 2 N–H and O–H groups in total. The van der Waals surface area contributed by atoms with Crippen molar-refractivity contribution in [3.8, 4) is 0 Å². The molecule has 2 amide bonds. The van der Waals surface area contributed by atoms with Crippen molar-refractivity contribution in [1.82, 2.24) is 9.88 Å². The predicted molar refractivity (Wildman–Crippen MR) is 109 cm³/mol. The number of hydrogen-bond acceptors (Lipinski definition) is 2. The highest BCUT2D eigenvalue weighted by Crippen LogP contribution is 2.18. The van der Waals surface area contributed by atoms with Gasteiger partial charge >= 0.3 is 0 Å². The first-order chi connectivity index (χ1) is 13.0. The molecular formula is C22H25N3O2. The van der Waals surface area contributed by atoms with Crippen LogP contribution in [0.4, 0.5) is 5.69 Å². The molecule has 0 aliphatic heterocycles. The van der Waals surface area contributed by atoms with Crippen molar-refractivity contribution in [2.75, 3.05) is 18.4 Å². The Morgan fingerprint density at radius 3 is 2.52 bits per heavy atom. The SMILES string of the molecule is CC(=O)N(CCC(=O)Nc1ccc(C)cc1)CCc1c[nH]c2ccccc12. The lowest BCUT2D eigenvalue weighted by Gasteiger charge is -2.20. The quantitative estimate of drug-likeness (QED) is 0.669. The Morgan fingerprint density at radius 1 is 1.04 bits per heavy atom. The van der Waals surface area contributed by atoms with Crippen LogP contribution in [0.25, 0.3) is 10.9 Å². The number of rotatable bonds is 7. The Kier molecular flexibility index (Phi) is 5.91. The van der Waals surface area contributed by atoms with Gasteiger partial charge in [-0.25, -0.2) is 0 Å². The summed E-state index contributed by atoms with van der Waals surface area (Å²) in [6, 6.07) is 15.8. The average molecular weight is 363 g/mol. The molecule has 2 aromatic carbocycles. The third-order valence-corrected chi connectivity index (χ3v) is 4.72.